The normalized spacial score (nSPS) is 10.6. The van der Waals surface area contributed by atoms with Crippen LogP contribution in [-0.2, 0) is 11.8 Å². The van der Waals surface area contributed by atoms with Crippen LogP contribution in [0, 0.1) is 0 Å². The maximum Gasteiger partial charge on any atom is 0.222 e. The topological polar surface area (TPSA) is 109 Å². The molecule has 0 atom stereocenters. The molecule has 1 amide bonds. The molecule has 0 aliphatic heterocycles. The molecule has 0 aliphatic rings. The van der Waals surface area contributed by atoms with Gasteiger partial charge in [-0.25, -0.2) is 9.97 Å². The number of hydrogen-bond donors (Lipinski definition) is 2. The quantitative estimate of drug-likeness (QED) is 0.394. The van der Waals surface area contributed by atoms with Crippen LogP contribution >= 0.6 is 0 Å². The lowest BCUT2D eigenvalue weighted by Gasteiger charge is -2.15. The van der Waals surface area contributed by atoms with E-state index in [-0.39, 0.29) is 5.91 Å². The lowest BCUT2D eigenvalue weighted by atomic mass is 10.2. The van der Waals surface area contributed by atoms with Gasteiger partial charge in [0.25, 0.3) is 0 Å². The van der Waals surface area contributed by atoms with E-state index in [1.165, 1.54) is 6.92 Å². The summed E-state index contributed by atoms with van der Waals surface area (Å²) in [6, 6.07) is 12.6. The number of aromatic nitrogens is 3. The Balaban J connectivity index is 1.61. The van der Waals surface area contributed by atoms with E-state index >= 15 is 0 Å². The minimum absolute atomic E-state index is 0.202. The highest BCUT2D eigenvalue weighted by Crippen LogP contribution is 2.40. The number of nitrogens with one attached hydrogen (secondary N) is 2. The standard InChI is InChI=1S/C24H25N5O5/c1-14(30)26-22-13-17(8-9-25-22)34-16-6-7-19-18(12-16)28-24(29(19)2)27-15-10-20(31-3)23(33-5)21(11-15)32-4/h6-13H,1-5H3,(H,27,28)(H,25,26,30). The maximum absolute atomic E-state index is 11.3. The second kappa shape index (κ2) is 9.57. The van der Waals surface area contributed by atoms with Crippen LogP contribution in [0.25, 0.3) is 11.0 Å². The Morgan fingerprint density at radius 3 is 2.29 bits per heavy atom. The van der Waals surface area contributed by atoms with Gasteiger partial charge >= 0.3 is 0 Å². The third-order valence-corrected chi connectivity index (χ3v) is 5.04. The molecular weight excluding hydrogens is 438 g/mol. The van der Waals surface area contributed by atoms with E-state index in [2.05, 4.69) is 15.6 Å². The van der Waals surface area contributed by atoms with Crippen LogP contribution in [-0.4, -0.2) is 41.8 Å². The molecule has 10 heteroatoms. The number of ether oxygens (including phenoxy) is 4. The van der Waals surface area contributed by atoms with Crippen LogP contribution in [0.1, 0.15) is 6.92 Å². The van der Waals surface area contributed by atoms with Crippen molar-refractivity contribution in [2.24, 2.45) is 7.05 Å². The molecular formula is C24H25N5O5. The van der Waals surface area contributed by atoms with Gasteiger partial charge in [-0.05, 0) is 18.2 Å². The number of amides is 1. The van der Waals surface area contributed by atoms with Crippen molar-refractivity contribution in [3.63, 3.8) is 0 Å². The van der Waals surface area contributed by atoms with Crippen molar-refractivity contribution < 1.29 is 23.7 Å². The lowest BCUT2D eigenvalue weighted by molar-refractivity contribution is -0.114. The number of aryl methyl sites for hydroxylation is 1. The molecule has 0 spiro atoms. The van der Waals surface area contributed by atoms with Gasteiger partial charge in [0.1, 0.15) is 17.3 Å². The third kappa shape index (κ3) is 4.65. The molecule has 2 heterocycles. The Bertz CT molecular complexity index is 1330. The molecule has 176 valence electrons. The Labute approximate surface area is 196 Å². The van der Waals surface area contributed by atoms with Crippen molar-refractivity contribution in [2.45, 2.75) is 6.92 Å². The fourth-order valence-corrected chi connectivity index (χ4v) is 3.50. The van der Waals surface area contributed by atoms with Crippen LogP contribution in [0.2, 0.25) is 0 Å². The molecule has 2 aromatic heterocycles. The smallest absolute Gasteiger partial charge is 0.222 e. The first-order chi connectivity index (χ1) is 16.4. The van der Waals surface area contributed by atoms with Gasteiger partial charge in [0.2, 0.25) is 17.6 Å². The summed E-state index contributed by atoms with van der Waals surface area (Å²) in [6.45, 7) is 1.42. The van der Waals surface area contributed by atoms with Gasteiger partial charge in [-0.2, -0.15) is 0 Å². The number of benzene rings is 2. The van der Waals surface area contributed by atoms with Gasteiger partial charge in [0.05, 0.1) is 32.4 Å². The average Bonchev–Trinajstić information content (AvgIpc) is 3.12. The number of hydrogen-bond acceptors (Lipinski definition) is 8. The van der Waals surface area contributed by atoms with Gasteiger partial charge in [0.15, 0.2) is 11.5 Å². The van der Waals surface area contributed by atoms with Gasteiger partial charge < -0.3 is 34.1 Å². The number of carbonyl (C=O) groups is 1. The summed E-state index contributed by atoms with van der Waals surface area (Å²) in [5.74, 6) is 3.57. The number of anilines is 3. The predicted molar refractivity (Wildman–Crippen MR) is 129 cm³/mol. The van der Waals surface area contributed by atoms with Crippen LogP contribution in [0.4, 0.5) is 17.5 Å². The fraction of sp³-hybridized carbons (Fsp3) is 0.208. The highest BCUT2D eigenvalue weighted by molar-refractivity contribution is 5.87. The molecule has 4 aromatic rings. The third-order valence-electron chi connectivity index (χ3n) is 5.04. The lowest BCUT2D eigenvalue weighted by Crippen LogP contribution is -2.07. The Hall–Kier alpha value is -4.47. The van der Waals surface area contributed by atoms with Gasteiger partial charge in [-0.1, -0.05) is 0 Å². The van der Waals surface area contributed by atoms with E-state index < -0.39 is 0 Å². The summed E-state index contributed by atoms with van der Waals surface area (Å²) in [6.07, 6.45) is 1.57. The number of carbonyl (C=O) groups excluding carboxylic acids is 1. The molecule has 0 saturated carbocycles. The van der Waals surface area contributed by atoms with Gasteiger partial charge in [-0.3, -0.25) is 4.79 Å². The highest BCUT2D eigenvalue weighted by Gasteiger charge is 2.15. The Morgan fingerprint density at radius 1 is 0.941 bits per heavy atom. The molecule has 2 N–H and O–H groups in total. The number of pyridine rings is 1. The first-order valence-corrected chi connectivity index (χ1v) is 10.4. The number of imidazole rings is 1. The average molecular weight is 463 g/mol. The van der Waals surface area contributed by atoms with E-state index in [4.69, 9.17) is 23.9 Å². The summed E-state index contributed by atoms with van der Waals surface area (Å²) < 4.78 is 24.1. The summed E-state index contributed by atoms with van der Waals surface area (Å²) >= 11 is 0. The van der Waals surface area contributed by atoms with Gasteiger partial charge in [0, 0.05) is 50.1 Å². The van der Waals surface area contributed by atoms with E-state index in [9.17, 15) is 4.79 Å². The van der Waals surface area contributed by atoms with Crippen molar-refractivity contribution in [3.8, 4) is 28.7 Å². The van der Waals surface area contributed by atoms with E-state index in [0.29, 0.717) is 40.5 Å². The van der Waals surface area contributed by atoms with Crippen LogP contribution in [0.15, 0.2) is 48.7 Å². The largest absolute Gasteiger partial charge is 0.493 e. The monoisotopic (exact) mass is 463 g/mol. The van der Waals surface area contributed by atoms with Crippen molar-refractivity contribution in [1.29, 1.82) is 0 Å². The van der Waals surface area contributed by atoms with E-state index in [0.717, 1.165) is 16.7 Å². The van der Waals surface area contributed by atoms with Gasteiger partial charge in [-0.15, -0.1) is 0 Å². The fourth-order valence-electron chi connectivity index (χ4n) is 3.50. The zero-order chi connectivity index (χ0) is 24.2. The minimum atomic E-state index is -0.202. The van der Waals surface area contributed by atoms with Crippen LogP contribution < -0.4 is 29.6 Å². The zero-order valence-electron chi connectivity index (χ0n) is 19.5. The van der Waals surface area contributed by atoms with Crippen molar-refractivity contribution in [1.82, 2.24) is 14.5 Å². The molecule has 10 nitrogen and oxygen atoms in total. The molecule has 0 aliphatic carbocycles. The molecule has 4 rings (SSSR count). The second-order valence-corrected chi connectivity index (χ2v) is 7.34. The molecule has 0 unspecified atom stereocenters. The van der Waals surface area contributed by atoms with E-state index in [1.807, 2.05) is 41.9 Å². The minimum Gasteiger partial charge on any atom is -0.493 e. The molecule has 0 saturated heterocycles. The maximum atomic E-state index is 11.3. The summed E-state index contributed by atoms with van der Waals surface area (Å²) in [5, 5.41) is 5.94. The summed E-state index contributed by atoms with van der Waals surface area (Å²) in [4.78, 5) is 20.1. The molecule has 2 aromatic carbocycles. The van der Waals surface area contributed by atoms with Crippen molar-refractivity contribution in [2.75, 3.05) is 32.0 Å². The Kier molecular flexibility index (Phi) is 6.39. The number of nitrogens with zero attached hydrogens (tertiary/aromatic N) is 3. The van der Waals surface area contributed by atoms with Crippen LogP contribution in [0.3, 0.4) is 0 Å². The molecule has 0 radical (unpaired) electrons. The predicted octanol–water partition coefficient (Wildman–Crippen LogP) is 4.49. The SMILES string of the molecule is COc1cc(Nc2nc3cc(Oc4ccnc(NC(C)=O)c4)ccc3n2C)cc(OC)c1OC. The number of fused-ring (bicyclic) bond motifs is 1. The molecule has 0 fully saturated rings. The summed E-state index contributed by atoms with van der Waals surface area (Å²) in [5.41, 5.74) is 2.38. The highest BCUT2D eigenvalue weighted by atomic mass is 16.5. The first-order valence-electron chi connectivity index (χ1n) is 10.4. The zero-order valence-corrected chi connectivity index (χ0v) is 19.5. The van der Waals surface area contributed by atoms with E-state index in [1.54, 1.807) is 39.7 Å². The van der Waals surface area contributed by atoms with Crippen molar-refractivity contribution >= 4 is 34.4 Å². The van der Waals surface area contributed by atoms with Crippen molar-refractivity contribution in [3.05, 3.63) is 48.7 Å². The molecule has 34 heavy (non-hydrogen) atoms. The molecule has 0 bridgehead atoms. The second-order valence-electron chi connectivity index (χ2n) is 7.34. The number of methoxy groups -OCH3 is 3. The Morgan fingerprint density at radius 2 is 1.65 bits per heavy atom. The number of rotatable bonds is 8. The summed E-state index contributed by atoms with van der Waals surface area (Å²) in [7, 11) is 6.61. The first kappa shape index (κ1) is 22.7. The van der Waals surface area contributed by atoms with Crippen LogP contribution in [0.5, 0.6) is 28.7 Å².